The van der Waals surface area contributed by atoms with Gasteiger partial charge >= 0.3 is 0 Å². The number of anilines is 3. The number of allylic oxidation sites excluding steroid dienone is 11. The predicted octanol–water partition coefficient (Wildman–Crippen LogP) is 14.7. The normalized spacial score (nSPS) is 23.3. The van der Waals surface area contributed by atoms with E-state index < -0.39 is 0 Å². The van der Waals surface area contributed by atoms with Gasteiger partial charge in [-0.05, 0) is 136 Å². The van der Waals surface area contributed by atoms with Gasteiger partial charge in [0, 0.05) is 28.0 Å². The highest BCUT2D eigenvalue weighted by molar-refractivity contribution is 5.94. The van der Waals surface area contributed by atoms with E-state index in [-0.39, 0.29) is 27.8 Å². The van der Waals surface area contributed by atoms with E-state index in [1.54, 1.807) is 0 Å². The van der Waals surface area contributed by atoms with E-state index in [0.29, 0.717) is 0 Å². The minimum absolute atomic E-state index is 0.0797. The first kappa shape index (κ1) is 42.6. The van der Waals surface area contributed by atoms with Gasteiger partial charge in [0.25, 0.3) is 0 Å². The number of nitrogens with zero attached hydrogens (tertiary/aromatic N) is 2. The lowest BCUT2D eigenvalue weighted by molar-refractivity contribution is 0.193. The van der Waals surface area contributed by atoms with E-state index in [1.165, 1.54) is 88.9 Å². The molecule has 3 aliphatic carbocycles. The van der Waals surface area contributed by atoms with Gasteiger partial charge in [-0.2, -0.15) is 0 Å². The van der Waals surface area contributed by atoms with Crippen molar-refractivity contribution < 1.29 is 0 Å². The molecule has 0 saturated carbocycles. The highest BCUT2D eigenvalue weighted by atomic mass is 15.2. The van der Waals surface area contributed by atoms with Crippen molar-refractivity contribution in [3.8, 4) is 11.1 Å². The first-order valence-corrected chi connectivity index (χ1v) is 23.9. The summed E-state index contributed by atoms with van der Waals surface area (Å²) >= 11 is 0. The van der Waals surface area contributed by atoms with Gasteiger partial charge in [-0.3, -0.25) is 0 Å². The molecule has 0 spiro atoms. The molecule has 2 nitrogen and oxygen atoms in total. The third-order valence-corrected chi connectivity index (χ3v) is 15.5. The second-order valence-electron chi connectivity index (χ2n) is 20.7. The van der Waals surface area contributed by atoms with Crippen LogP contribution >= 0.6 is 0 Å². The lowest BCUT2D eigenvalue weighted by Crippen LogP contribution is -2.51. The smallest absolute Gasteiger partial charge is 0.0606 e. The van der Waals surface area contributed by atoms with Crippen molar-refractivity contribution in [3.05, 3.63) is 225 Å². The average Bonchev–Trinajstić information content (AvgIpc) is 3.51. The molecule has 5 aliphatic rings. The third kappa shape index (κ3) is 6.82. The molecule has 2 heteroatoms. The summed E-state index contributed by atoms with van der Waals surface area (Å²) in [5, 5.41) is 2.59. The van der Waals surface area contributed by atoms with Crippen LogP contribution in [0.25, 0.3) is 28.9 Å². The first-order valence-electron chi connectivity index (χ1n) is 23.9. The lowest BCUT2D eigenvalue weighted by atomic mass is 9.66. The van der Waals surface area contributed by atoms with Crippen molar-refractivity contribution in [2.75, 3.05) is 4.90 Å². The Hall–Kier alpha value is -6.38. The van der Waals surface area contributed by atoms with Gasteiger partial charge in [0.05, 0.1) is 22.6 Å². The Balaban J connectivity index is 1.03. The van der Waals surface area contributed by atoms with Crippen molar-refractivity contribution in [1.29, 1.82) is 0 Å². The van der Waals surface area contributed by atoms with Crippen LogP contribution in [0.4, 0.5) is 17.1 Å². The summed E-state index contributed by atoms with van der Waals surface area (Å²) in [7, 11) is 0. The fraction of sp³-hybridized carbons (Fsp3) is 0.270. The van der Waals surface area contributed by atoms with Crippen molar-refractivity contribution >= 4 is 34.8 Å². The van der Waals surface area contributed by atoms with Gasteiger partial charge in [-0.15, -0.1) is 0 Å². The lowest BCUT2D eigenvalue weighted by Gasteiger charge is -2.49. The van der Waals surface area contributed by atoms with E-state index >= 15 is 0 Å². The number of fused-ring (bicyclic) bond motifs is 6. The molecule has 0 fully saturated rings. The van der Waals surface area contributed by atoms with Gasteiger partial charge in [-0.1, -0.05) is 194 Å². The summed E-state index contributed by atoms with van der Waals surface area (Å²) in [6, 6.07) is 39.4. The maximum atomic E-state index is 4.44. The van der Waals surface area contributed by atoms with Crippen molar-refractivity contribution in [1.82, 2.24) is 4.90 Å². The van der Waals surface area contributed by atoms with Crippen LogP contribution in [0.1, 0.15) is 115 Å². The van der Waals surface area contributed by atoms with Gasteiger partial charge in [0.15, 0.2) is 0 Å². The first-order chi connectivity index (χ1) is 31.1. The zero-order chi connectivity index (χ0) is 45.5. The van der Waals surface area contributed by atoms with Gasteiger partial charge in [-0.25, -0.2) is 0 Å². The molecule has 0 saturated heterocycles. The largest absolute Gasteiger partial charge is 0.356 e. The summed E-state index contributed by atoms with van der Waals surface area (Å²) in [6.07, 6.45) is 27.9. The second-order valence-corrected chi connectivity index (χ2v) is 20.7. The van der Waals surface area contributed by atoms with E-state index in [2.05, 4.69) is 249 Å². The van der Waals surface area contributed by atoms with Crippen LogP contribution in [0.15, 0.2) is 181 Å². The second kappa shape index (κ2) is 15.7. The molecule has 0 bridgehead atoms. The Bertz CT molecular complexity index is 3120. The van der Waals surface area contributed by atoms with Crippen molar-refractivity contribution in [3.63, 3.8) is 0 Å². The molecule has 2 aliphatic heterocycles. The van der Waals surface area contributed by atoms with Crippen LogP contribution in [0.3, 0.4) is 0 Å². The maximum Gasteiger partial charge on any atom is 0.0606 e. The monoisotopic (exact) mass is 849 g/mol. The topological polar surface area (TPSA) is 6.48 Å². The quantitative estimate of drug-likeness (QED) is 0.161. The molecule has 0 amide bonds. The van der Waals surface area contributed by atoms with Crippen LogP contribution < -0.4 is 15.3 Å². The van der Waals surface area contributed by atoms with Gasteiger partial charge in [0.1, 0.15) is 0 Å². The molecule has 1 unspecified atom stereocenters. The molecular weight excluding hydrogens is 785 g/mol. The Kier molecular flexibility index (Phi) is 10.3. The predicted molar refractivity (Wildman–Crippen MR) is 278 cm³/mol. The zero-order valence-electron chi connectivity index (χ0n) is 40.0. The van der Waals surface area contributed by atoms with Crippen molar-refractivity contribution in [2.24, 2.45) is 0 Å². The summed E-state index contributed by atoms with van der Waals surface area (Å²) in [5.41, 5.74) is 19.1. The summed E-state index contributed by atoms with van der Waals surface area (Å²) < 4.78 is 0. The average molecular weight is 849 g/mol. The van der Waals surface area contributed by atoms with Crippen LogP contribution in [-0.4, -0.2) is 16.5 Å². The van der Waals surface area contributed by atoms with E-state index in [0.717, 1.165) is 24.8 Å². The molecule has 2 atom stereocenters. The van der Waals surface area contributed by atoms with Crippen LogP contribution in [0, 0.1) is 0 Å². The summed E-state index contributed by atoms with van der Waals surface area (Å²) in [5.74, 6) is 0. The molecule has 0 N–H and O–H groups in total. The molecule has 326 valence electrons. The maximum absolute atomic E-state index is 4.44. The number of hydrogen-bond acceptors (Lipinski definition) is 2. The SMILES string of the molecule is C=C1/C=C\C=C/C/C=C\C(N(C(C)/C=C\C2=C(CC)C(C)(C)c3cc(-c4ccc5c(c4)C(C)(C)c4cccc6c4N5c4ccccc4C6(C)C)ccc32)[C@]2(C)C=c3ccccc3=CC2)=C/1. The van der Waals surface area contributed by atoms with Crippen LogP contribution in [0.5, 0.6) is 0 Å². The van der Waals surface area contributed by atoms with Crippen molar-refractivity contribution in [2.45, 2.75) is 109 Å². The van der Waals surface area contributed by atoms with Gasteiger partial charge < -0.3 is 9.80 Å². The number of rotatable bonds is 7. The molecule has 65 heavy (non-hydrogen) atoms. The van der Waals surface area contributed by atoms with Crippen LogP contribution in [0.2, 0.25) is 0 Å². The standard InChI is InChI=1S/C63H64N2/c1-11-51-49(33-30-43(3)65(48-25-16-14-12-13-15-22-42(2)38-48)63(10)37-36-44-23-17-18-24-47(44)41-63)50-34-31-45(39-55(50)60(51,4)5)46-32-35-58-56(40-46)62(8,9)54-28-21-27-53-59(54)64(58)57-29-20-19-26-52(57)61(53,6)7/h12-13,15-36,38-41,43H,2,11,14,37H2,1,3-10H3/b13-12-,22-15-,25-16-,33-30-,48-38+/t43?,63-/m0/s1. The highest BCUT2D eigenvalue weighted by Gasteiger charge is 2.45. The summed E-state index contributed by atoms with van der Waals surface area (Å²) in [4.78, 5) is 5.17. The Morgan fingerprint density at radius 1 is 0.677 bits per heavy atom. The fourth-order valence-electron chi connectivity index (χ4n) is 12.1. The van der Waals surface area contributed by atoms with Crippen LogP contribution in [-0.2, 0) is 16.2 Å². The third-order valence-electron chi connectivity index (χ3n) is 15.5. The minimum atomic E-state index is -0.260. The molecule has 5 aromatic rings. The molecule has 10 rings (SSSR count). The Morgan fingerprint density at radius 3 is 2.11 bits per heavy atom. The minimum Gasteiger partial charge on any atom is -0.356 e. The zero-order valence-corrected chi connectivity index (χ0v) is 40.0. The number of benzene rings is 5. The molecular formula is C63H64N2. The molecule has 0 radical (unpaired) electrons. The van der Waals surface area contributed by atoms with E-state index in [4.69, 9.17) is 0 Å². The van der Waals surface area contributed by atoms with E-state index in [9.17, 15) is 0 Å². The molecule has 5 aromatic carbocycles. The fourth-order valence-corrected chi connectivity index (χ4v) is 12.1. The summed E-state index contributed by atoms with van der Waals surface area (Å²) in [6.45, 7) is 26.0. The highest BCUT2D eigenvalue weighted by Crippen LogP contribution is 2.60. The molecule has 2 heterocycles. The van der Waals surface area contributed by atoms with E-state index in [1.807, 2.05) is 0 Å². The Labute approximate surface area is 388 Å². The number of hydrogen-bond donors (Lipinski definition) is 0. The number of para-hydroxylation sites is 2. The van der Waals surface area contributed by atoms with Gasteiger partial charge in [0.2, 0.25) is 0 Å². The molecule has 0 aromatic heterocycles. The Morgan fingerprint density at radius 2 is 1.34 bits per heavy atom.